The third-order valence-corrected chi connectivity index (χ3v) is 6.38. The monoisotopic (exact) mass is 286 g/mol. The number of benzene rings is 1. The van der Waals surface area contributed by atoms with Gasteiger partial charge >= 0.3 is 0 Å². The van der Waals surface area contributed by atoms with E-state index in [1.165, 1.54) is 0 Å². The maximum absolute atomic E-state index is 12.4. The second kappa shape index (κ2) is 5.50. The molecule has 18 heavy (non-hydrogen) atoms. The minimum absolute atomic E-state index is 0.229. The Bertz CT molecular complexity index is 509. The molecule has 0 aliphatic carbocycles. The van der Waals surface area contributed by atoms with E-state index in [2.05, 4.69) is 6.26 Å². The Kier molecular flexibility index (Phi) is 4.19. The molecule has 0 amide bonds. The van der Waals surface area contributed by atoms with Crippen molar-refractivity contribution in [3.63, 3.8) is 0 Å². The van der Waals surface area contributed by atoms with Crippen LogP contribution in [0, 0.1) is 0 Å². The van der Waals surface area contributed by atoms with Gasteiger partial charge in [-0.1, -0.05) is 12.1 Å². The molecule has 100 valence electrons. The van der Waals surface area contributed by atoms with Gasteiger partial charge in [0.15, 0.2) is 0 Å². The number of hydrogen-bond donors (Lipinski definition) is 1. The van der Waals surface area contributed by atoms with E-state index < -0.39 is 10.0 Å². The van der Waals surface area contributed by atoms with Crippen molar-refractivity contribution in [2.45, 2.75) is 23.0 Å². The number of piperidine rings is 1. The quantitative estimate of drug-likeness (QED) is 0.860. The van der Waals surface area contributed by atoms with Crippen LogP contribution in [0.15, 0.2) is 29.2 Å². The molecule has 0 radical (unpaired) electrons. The molecule has 0 saturated carbocycles. The van der Waals surface area contributed by atoms with Crippen molar-refractivity contribution < 1.29 is 8.42 Å². The number of rotatable bonds is 3. The van der Waals surface area contributed by atoms with Gasteiger partial charge in [0.2, 0.25) is 10.0 Å². The highest BCUT2D eigenvalue weighted by molar-refractivity contribution is 7.99. The van der Waals surface area contributed by atoms with Crippen LogP contribution in [0.3, 0.4) is 0 Å². The van der Waals surface area contributed by atoms with Gasteiger partial charge in [-0.3, -0.25) is 0 Å². The first-order valence-electron chi connectivity index (χ1n) is 5.93. The molecule has 1 fully saturated rings. The number of para-hydroxylation sites is 1. The number of nitrogens with zero attached hydrogens (tertiary/aromatic N) is 1. The molecule has 1 aromatic carbocycles. The molecule has 1 heterocycles. The summed E-state index contributed by atoms with van der Waals surface area (Å²) in [5.74, 6) is 0. The van der Waals surface area contributed by atoms with Crippen LogP contribution in [0.4, 0.5) is 5.69 Å². The zero-order chi connectivity index (χ0) is 13.2. The Morgan fingerprint density at radius 2 is 1.89 bits per heavy atom. The minimum atomic E-state index is -3.43. The number of sulfonamides is 1. The summed E-state index contributed by atoms with van der Waals surface area (Å²) in [5, 5.41) is 0.574. The maximum atomic E-state index is 12.4. The third kappa shape index (κ3) is 2.65. The zero-order valence-electron chi connectivity index (χ0n) is 10.4. The molecule has 1 saturated heterocycles. The van der Waals surface area contributed by atoms with Crippen LogP contribution in [0.5, 0.6) is 0 Å². The van der Waals surface area contributed by atoms with Crippen molar-refractivity contribution in [2.24, 2.45) is 0 Å². The van der Waals surface area contributed by atoms with Crippen LogP contribution >= 0.6 is 11.8 Å². The third-order valence-electron chi connectivity index (χ3n) is 3.27. The largest absolute Gasteiger partial charge is 0.398 e. The Labute approximate surface area is 113 Å². The highest BCUT2D eigenvalue weighted by atomic mass is 32.2. The van der Waals surface area contributed by atoms with Gasteiger partial charge in [-0.25, -0.2) is 8.42 Å². The van der Waals surface area contributed by atoms with Crippen molar-refractivity contribution in [2.75, 3.05) is 25.1 Å². The van der Waals surface area contributed by atoms with Crippen molar-refractivity contribution >= 4 is 27.5 Å². The lowest BCUT2D eigenvalue weighted by atomic mass is 10.2. The highest BCUT2D eigenvalue weighted by Gasteiger charge is 2.30. The summed E-state index contributed by atoms with van der Waals surface area (Å²) >= 11 is 1.81. The van der Waals surface area contributed by atoms with Crippen molar-refractivity contribution in [3.8, 4) is 0 Å². The van der Waals surface area contributed by atoms with Gasteiger partial charge in [-0.2, -0.15) is 16.1 Å². The van der Waals surface area contributed by atoms with Gasteiger partial charge < -0.3 is 5.73 Å². The molecule has 1 aliphatic rings. The molecule has 0 spiro atoms. The Balaban J connectivity index is 2.20. The number of nitrogens with two attached hydrogens (primary N) is 1. The summed E-state index contributed by atoms with van der Waals surface area (Å²) in [6.07, 6.45) is 3.89. The van der Waals surface area contributed by atoms with Gasteiger partial charge in [0, 0.05) is 18.3 Å². The van der Waals surface area contributed by atoms with E-state index in [1.54, 1.807) is 28.6 Å². The molecule has 1 aliphatic heterocycles. The van der Waals surface area contributed by atoms with Crippen LogP contribution < -0.4 is 5.73 Å². The first-order valence-corrected chi connectivity index (χ1v) is 8.66. The maximum Gasteiger partial charge on any atom is 0.245 e. The first-order chi connectivity index (χ1) is 8.55. The average Bonchev–Trinajstić information content (AvgIpc) is 2.39. The summed E-state index contributed by atoms with van der Waals surface area (Å²) in [7, 11) is -3.43. The number of thioether (sulfide) groups is 1. The molecule has 0 unspecified atom stereocenters. The molecule has 6 heteroatoms. The van der Waals surface area contributed by atoms with Crippen LogP contribution in [-0.2, 0) is 10.0 Å². The summed E-state index contributed by atoms with van der Waals surface area (Å²) < 4.78 is 26.4. The molecule has 2 rings (SSSR count). The predicted octanol–water partition coefficient (Wildman–Crippen LogP) is 1.78. The van der Waals surface area contributed by atoms with Crippen LogP contribution in [0.1, 0.15) is 12.8 Å². The first kappa shape index (κ1) is 13.7. The standard InChI is InChI=1S/C12H18N2O2S2/c1-17-10-6-8-14(9-7-10)18(15,16)12-5-3-2-4-11(12)13/h2-5,10H,6-9,13H2,1H3. The smallest absolute Gasteiger partial charge is 0.245 e. The van der Waals surface area contributed by atoms with Crippen LogP contribution in [-0.4, -0.2) is 37.3 Å². The van der Waals surface area contributed by atoms with E-state index in [4.69, 9.17) is 5.73 Å². The molecular weight excluding hydrogens is 268 g/mol. The molecule has 0 aromatic heterocycles. The normalized spacial score (nSPS) is 18.9. The number of hydrogen-bond acceptors (Lipinski definition) is 4. The second-order valence-corrected chi connectivity index (χ2v) is 7.42. The van der Waals surface area contributed by atoms with Crippen LogP contribution in [0.25, 0.3) is 0 Å². The molecule has 0 bridgehead atoms. The fourth-order valence-corrected chi connectivity index (χ4v) is 4.43. The minimum Gasteiger partial charge on any atom is -0.398 e. The van der Waals surface area contributed by atoms with Gasteiger partial charge in [-0.05, 0) is 31.2 Å². The molecular formula is C12H18N2O2S2. The number of anilines is 1. The van der Waals surface area contributed by atoms with E-state index in [1.807, 2.05) is 11.8 Å². The summed E-state index contributed by atoms with van der Waals surface area (Å²) in [5.41, 5.74) is 6.08. The Hall–Kier alpha value is -0.720. The van der Waals surface area contributed by atoms with E-state index in [0.29, 0.717) is 24.0 Å². The molecule has 0 atom stereocenters. The van der Waals surface area contributed by atoms with Gasteiger partial charge in [0.05, 0.1) is 5.69 Å². The van der Waals surface area contributed by atoms with Crippen molar-refractivity contribution in [3.05, 3.63) is 24.3 Å². The lowest BCUT2D eigenvalue weighted by molar-refractivity contribution is 0.353. The molecule has 2 N–H and O–H groups in total. The molecule has 1 aromatic rings. The lowest BCUT2D eigenvalue weighted by Gasteiger charge is -2.30. The van der Waals surface area contributed by atoms with Crippen molar-refractivity contribution in [1.82, 2.24) is 4.31 Å². The van der Waals surface area contributed by atoms with Gasteiger partial charge in [0.1, 0.15) is 4.90 Å². The number of nitrogen functional groups attached to an aromatic ring is 1. The zero-order valence-corrected chi connectivity index (χ0v) is 12.0. The van der Waals surface area contributed by atoms with Crippen LogP contribution in [0.2, 0.25) is 0 Å². The Morgan fingerprint density at radius 1 is 1.28 bits per heavy atom. The fourth-order valence-electron chi connectivity index (χ4n) is 2.16. The SMILES string of the molecule is CSC1CCN(S(=O)(=O)c2ccccc2N)CC1. The lowest BCUT2D eigenvalue weighted by Crippen LogP contribution is -2.39. The van der Waals surface area contributed by atoms with Gasteiger partial charge in [-0.15, -0.1) is 0 Å². The summed E-state index contributed by atoms with van der Waals surface area (Å²) in [6, 6.07) is 6.65. The Morgan fingerprint density at radius 3 is 2.44 bits per heavy atom. The second-order valence-electron chi connectivity index (χ2n) is 4.38. The predicted molar refractivity (Wildman–Crippen MR) is 76.2 cm³/mol. The van der Waals surface area contributed by atoms with E-state index in [0.717, 1.165) is 12.8 Å². The van der Waals surface area contributed by atoms with E-state index in [-0.39, 0.29) is 4.90 Å². The summed E-state index contributed by atoms with van der Waals surface area (Å²) in [4.78, 5) is 0.229. The topological polar surface area (TPSA) is 63.4 Å². The average molecular weight is 286 g/mol. The van der Waals surface area contributed by atoms with Crippen molar-refractivity contribution in [1.29, 1.82) is 0 Å². The van der Waals surface area contributed by atoms with E-state index >= 15 is 0 Å². The molecule has 4 nitrogen and oxygen atoms in total. The highest BCUT2D eigenvalue weighted by Crippen LogP contribution is 2.27. The summed E-state index contributed by atoms with van der Waals surface area (Å²) in [6.45, 7) is 1.17. The van der Waals surface area contributed by atoms with E-state index in [9.17, 15) is 8.42 Å². The fraction of sp³-hybridized carbons (Fsp3) is 0.500. The van der Waals surface area contributed by atoms with Gasteiger partial charge in [0.25, 0.3) is 0 Å².